The number of nitrogens with zero attached hydrogens (tertiary/aromatic N) is 1. The van der Waals surface area contributed by atoms with Gasteiger partial charge in [0.25, 0.3) is 0 Å². The summed E-state index contributed by atoms with van der Waals surface area (Å²) in [6, 6.07) is 11.2. The van der Waals surface area contributed by atoms with Crippen molar-refractivity contribution in [3.63, 3.8) is 0 Å². The van der Waals surface area contributed by atoms with Crippen LogP contribution in [0.3, 0.4) is 0 Å². The Bertz CT molecular complexity index is 794. The van der Waals surface area contributed by atoms with E-state index >= 15 is 0 Å². The topological polar surface area (TPSA) is 91.8 Å². The number of aryl methyl sites for hydroxylation is 1. The second kappa shape index (κ2) is 12.2. The van der Waals surface area contributed by atoms with E-state index in [0.717, 1.165) is 5.75 Å². The number of nitrogens with one attached hydrogen (secondary N) is 3. The molecule has 0 unspecified atom stereocenters. The number of ether oxygens (including phenoxy) is 1. The number of guanidine groups is 1. The molecule has 0 aliphatic rings. The normalized spacial score (nSPS) is 11.6. The van der Waals surface area contributed by atoms with Crippen molar-refractivity contribution in [3.8, 4) is 5.75 Å². The van der Waals surface area contributed by atoms with Crippen LogP contribution in [-0.4, -0.2) is 47.7 Å². The maximum Gasteiger partial charge on any atom is 0.250 e. The van der Waals surface area contributed by atoms with Gasteiger partial charge in [-0.2, -0.15) is 0 Å². The Kier molecular flexibility index (Phi) is 10.7. The first-order valence-electron chi connectivity index (χ1n) is 8.18. The Morgan fingerprint density at radius 2 is 1.81 bits per heavy atom. The summed E-state index contributed by atoms with van der Waals surface area (Å²) in [5, 5.41) is 7.90. The molecule has 1 aromatic heterocycles. The van der Waals surface area contributed by atoms with E-state index in [0.29, 0.717) is 29.9 Å². The second-order valence-corrected chi connectivity index (χ2v) is 8.36. The van der Waals surface area contributed by atoms with Gasteiger partial charge in [0.2, 0.25) is 10.0 Å². The van der Waals surface area contributed by atoms with Crippen LogP contribution in [0.1, 0.15) is 5.56 Å². The van der Waals surface area contributed by atoms with Gasteiger partial charge in [0.15, 0.2) is 5.96 Å². The van der Waals surface area contributed by atoms with Crippen molar-refractivity contribution in [2.45, 2.75) is 11.1 Å². The summed E-state index contributed by atoms with van der Waals surface area (Å²) in [5.74, 6) is 1.41. The monoisotopic (exact) mass is 524 g/mol. The number of aliphatic imine (C=N–C) groups is 1. The van der Waals surface area contributed by atoms with Gasteiger partial charge in [0.05, 0.1) is 6.54 Å². The molecule has 0 saturated heterocycles. The molecule has 3 N–H and O–H groups in total. The minimum atomic E-state index is -3.43. The molecular weight excluding hydrogens is 499 g/mol. The number of sulfonamides is 1. The number of hydrogen-bond acceptors (Lipinski definition) is 5. The maximum atomic E-state index is 12.0. The Labute approximate surface area is 181 Å². The number of benzene rings is 1. The first-order chi connectivity index (χ1) is 12.5. The predicted octanol–water partition coefficient (Wildman–Crippen LogP) is 2.20. The third kappa shape index (κ3) is 8.45. The summed E-state index contributed by atoms with van der Waals surface area (Å²) in [7, 11) is -1.77. The van der Waals surface area contributed by atoms with Crippen molar-refractivity contribution in [2.24, 2.45) is 4.99 Å². The van der Waals surface area contributed by atoms with E-state index < -0.39 is 10.0 Å². The summed E-state index contributed by atoms with van der Waals surface area (Å²) >= 11 is 1.19. The number of rotatable bonds is 9. The highest BCUT2D eigenvalue weighted by Gasteiger charge is 2.13. The van der Waals surface area contributed by atoms with E-state index in [1.54, 1.807) is 24.6 Å². The molecular formula is C17H25IN4O3S2. The zero-order valence-electron chi connectivity index (χ0n) is 15.3. The Morgan fingerprint density at radius 3 is 2.44 bits per heavy atom. The van der Waals surface area contributed by atoms with Gasteiger partial charge in [0, 0.05) is 20.1 Å². The van der Waals surface area contributed by atoms with Gasteiger partial charge in [-0.3, -0.25) is 4.99 Å². The molecule has 0 aliphatic carbocycles. The van der Waals surface area contributed by atoms with Crippen LogP contribution in [0.4, 0.5) is 0 Å². The van der Waals surface area contributed by atoms with E-state index in [-0.39, 0.29) is 30.5 Å². The molecule has 27 heavy (non-hydrogen) atoms. The van der Waals surface area contributed by atoms with Gasteiger partial charge in [-0.25, -0.2) is 13.1 Å². The molecule has 0 amide bonds. The average Bonchev–Trinajstić information content (AvgIpc) is 3.17. The fourth-order valence-corrected chi connectivity index (χ4v) is 4.12. The standard InChI is InChI=1S/C17H24N4O3S2.HI/c1-14-5-7-15(8-6-14)24-12-11-20-17(18-2)19-9-10-21-26(22,23)16-4-3-13-25-16;/h3-8,13,21H,9-12H2,1-2H3,(H2,18,19,20);1H. The van der Waals surface area contributed by atoms with E-state index in [4.69, 9.17) is 4.74 Å². The molecule has 1 aromatic carbocycles. The summed E-state index contributed by atoms with van der Waals surface area (Å²) in [4.78, 5) is 4.09. The van der Waals surface area contributed by atoms with E-state index in [9.17, 15) is 8.42 Å². The lowest BCUT2D eigenvalue weighted by Crippen LogP contribution is -2.42. The van der Waals surface area contributed by atoms with E-state index in [1.165, 1.54) is 16.9 Å². The summed E-state index contributed by atoms with van der Waals surface area (Å²) in [5.41, 5.74) is 1.19. The number of thiophene rings is 1. The zero-order chi connectivity index (χ0) is 18.8. The Morgan fingerprint density at radius 1 is 1.11 bits per heavy atom. The van der Waals surface area contributed by atoms with Gasteiger partial charge in [-0.1, -0.05) is 23.8 Å². The fraction of sp³-hybridized carbons (Fsp3) is 0.353. The molecule has 0 atom stereocenters. The molecule has 10 heteroatoms. The average molecular weight is 524 g/mol. The molecule has 7 nitrogen and oxygen atoms in total. The third-order valence-corrected chi connectivity index (χ3v) is 6.24. The van der Waals surface area contributed by atoms with E-state index in [2.05, 4.69) is 20.3 Å². The summed E-state index contributed by atoms with van der Waals surface area (Å²) in [6.45, 7) is 3.79. The number of halogens is 1. The highest BCUT2D eigenvalue weighted by molar-refractivity contribution is 14.0. The molecule has 0 aliphatic heterocycles. The van der Waals surface area contributed by atoms with E-state index in [1.807, 2.05) is 31.2 Å². The van der Waals surface area contributed by atoms with Gasteiger partial charge >= 0.3 is 0 Å². The zero-order valence-corrected chi connectivity index (χ0v) is 19.2. The van der Waals surface area contributed by atoms with Crippen molar-refractivity contribution >= 4 is 51.3 Å². The van der Waals surface area contributed by atoms with Gasteiger partial charge in [0.1, 0.15) is 16.6 Å². The van der Waals surface area contributed by atoms with Gasteiger partial charge in [-0.15, -0.1) is 35.3 Å². The van der Waals surface area contributed by atoms with Crippen LogP contribution in [0.5, 0.6) is 5.75 Å². The second-order valence-electron chi connectivity index (χ2n) is 5.42. The number of hydrogen-bond donors (Lipinski definition) is 3. The third-order valence-electron chi connectivity index (χ3n) is 3.38. The van der Waals surface area contributed by atoms with Crippen LogP contribution in [0.25, 0.3) is 0 Å². The molecule has 0 fully saturated rings. The molecule has 0 radical (unpaired) electrons. The Balaban J connectivity index is 0.00000364. The van der Waals surface area contributed by atoms with Crippen LogP contribution < -0.4 is 20.1 Å². The first-order valence-corrected chi connectivity index (χ1v) is 10.5. The first kappa shape index (κ1) is 23.7. The van der Waals surface area contributed by atoms with Gasteiger partial charge < -0.3 is 15.4 Å². The lowest BCUT2D eigenvalue weighted by Gasteiger charge is -2.13. The predicted molar refractivity (Wildman–Crippen MR) is 121 cm³/mol. The quantitative estimate of drug-likeness (QED) is 0.203. The minimum absolute atomic E-state index is 0. The van der Waals surface area contributed by atoms with Crippen molar-refractivity contribution in [1.82, 2.24) is 15.4 Å². The molecule has 2 rings (SSSR count). The van der Waals surface area contributed by atoms with Crippen LogP contribution in [0.2, 0.25) is 0 Å². The van der Waals surface area contributed by atoms with Crippen molar-refractivity contribution in [2.75, 3.05) is 33.3 Å². The molecule has 0 saturated carbocycles. The van der Waals surface area contributed by atoms with Crippen LogP contribution in [0, 0.1) is 6.92 Å². The van der Waals surface area contributed by atoms with Crippen molar-refractivity contribution in [1.29, 1.82) is 0 Å². The Hall–Kier alpha value is -1.37. The highest BCUT2D eigenvalue weighted by atomic mass is 127. The van der Waals surface area contributed by atoms with Crippen LogP contribution in [0.15, 0.2) is 51.0 Å². The highest BCUT2D eigenvalue weighted by Crippen LogP contribution is 2.14. The maximum absolute atomic E-state index is 12.0. The lowest BCUT2D eigenvalue weighted by atomic mass is 10.2. The van der Waals surface area contributed by atoms with Crippen molar-refractivity contribution in [3.05, 3.63) is 47.3 Å². The fourth-order valence-electron chi connectivity index (χ4n) is 2.05. The minimum Gasteiger partial charge on any atom is -0.492 e. The van der Waals surface area contributed by atoms with Crippen molar-refractivity contribution < 1.29 is 13.2 Å². The van der Waals surface area contributed by atoms with Crippen LogP contribution >= 0.6 is 35.3 Å². The largest absolute Gasteiger partial charge is 0.492 e. The molecule has 0 spiro atoms. The van der Waals surface area contributed by atoms with Gasteiger partial charge in [-0.05, 0) is 30.5 Å². The lowest BCUT2D eigenvalue weighted by molar-refractivity contribution is 0.322. The molecule has 1 heterocycles. The summed E-state index contributed by atoms with van der Waals surface area (Å²) < 4.78 is 32.5. The SMILES string of the molecule is CN=C(NCCNS(=O)(=O)c1cccs1)NCCOc1ccc(C)cc1.I. The summed E-state index contributed by atoms with van der Waals surface area (Å²) in [6.07, 6.45) is 0. The smallest absolute Gasteiger partial charge is 0.250 e. The van der Waals surface area contributed by atoms with Crippen LogP contribution in [-0.2, 0) is 10.0 Å². The molecule has 2 aromatic rings. The molecule has 150 valence electrons. The molecule has 0 bridgehead atoms.